The van der Waals surface area contributed by atoms with E-state index in [1.54, 1.807) is 30.5 Å². The van der Waals surface area contributed by atoms with Crippen molar-refractivity contribution in [1.29, 1.82) is 5.26 Å². The molecule has 1 aliphatic heterocycles. The van der Waals surface area contributed by atoms with Crippen LogP contribution in [0.2, 0.25) is 0 Å². The van der Waals surface area contributed by atoms with E-state index in [-0.39, 0.29) is 6.61 Å². The average molecular weight is 326 g/mol. The second-order valence-electron chi connectivity index (χ2n) is 6.12. The summed E-state index contributed by atoms with van der Waals surface area (Å²) >= 11 is 0. The van der Waals surface area contributed by atoms with E-state index in [1.807, 2.05) is 16.9 Å². The lowest BCUT2D eigenvalue weighted by Crippen LogP contribution is -2.40. The van der Waals surface area contributed by atoms with Crippen LogP contribution < -0.4 is 4.74 Å². The SMILES string of the molecule is N#Cc1ccc(OC[C@@H](O)CN2CCC[C@@H]2Cn2cccn2)cc1. The zero-order valence-corrected chi connectivity index (χ0v) is 13.6. The van der Waals surface area contributed by atoms with Crippen LogP contribution in [-0.2, 0) is 6.54 Å². The molecule has 24 heavy (non-hydrogen) atoms. The molecule has 6 nitrogen and oxygen atoms in total. The van der Waals surface area contributed by atoms with Crippen LogP contribution in [0.25, 0.3) is 0 Å². The molecule has 1 fully saturated rings. The fourth-order valence-electron chi connectivity index (χ4n) is 3.11. The van der Waals surface area contributed by atoms with Gasteiger partial charge in [-0.25, -0.2) is 0 Å². The van der Waals surface area contributed by atoms with Crippen LogP contribution in [0.1, 0.15) is 18.4 Å². The fourth-order valence-corrected chi connectivity index (χ4v) is 3.11. The number of rotatable bonds is 7. The zero-order valence-electron chi connectivity index (χ0n) is 13.6. The monoisotopic (exact) mass is 326 g/mol. The van der Waals surface area contributed by atoms with Crippen LogP contribution in [0, 0.1) is 11.3 Å². The standard InChI is InChI=1S/C18H22N4O2/c19-11-15-4-6-18(7-5-15)24-14-17(23)13-21-9-1-3-16(21)12-22-10-2-8-20-22/h2,4-8,10,16-17,23H,1,3,9,12-14H2/t16-,17+/m1/s1. The Balaban J connectivity index is 1.46. The maximum Gasteiger partial charge on any atom is 0.119 e. The third kappa shape index (κ3) is 4.34. The Hall–Kier alpha value is -2.36. The molecule has 0 aliphatic carbocycles. The number of likely N-dealkylation sites (tertiary alicyclic amines) is 1. The summed E-state index contributed by atoms with van der Waals surface area (Å²) in [4.78, 5) is 2.31. The topological polar surface area (TPSA) is 74.3 Å². The highest BCUT2D eigenvalue weighted by atomic mass is 16.5. The van der Waals surface area contributed by atoms with Gasteiger partial charge in [0.1, 0.15) is 18.5 Å². The lowest BCUT2D eigenvalue weighted by Gasteiger charge is -2.26. The van der Waals surface area contributed by atoms with Gasteiger partial charge in [-0.2, -0.15) is 10.4 Å². The molecular formula is C18H22N4O2. The first-order valence-electron chi connectivity index (χ1n) is 8.27. The van der Waals surface area contributed by atoms with Gasteiger partial charge in [-0.1, -0.05) is 0 Å². The molecule has 0 spiro atoms. The highest BCUT2D eigenvalue weighted by molar-refractivity contribution is 5.34. The lowest BCUT2D eigenvalue weighted by atomic mass is 10.2. The van der Waals surface area contributed by atoms with E-state index in [4.69, 9.17) is 10.00 Å². The van der Waals surface area contributed by atoms with Crippen molar-refractivity contribution in [2.75, 3.05) is 19.7 Å². The third-order valence-corrected chi connectivity index (χ3v) is 4.33. The Labute approximate surface area is 141 Å². The van der Waals surface area contributed by atoms with Crippen LogP contribution in [0.4, 0.5) is 0 Å². The van der Waals surface area contributed by atoms with Gasteiger partial charge in [0.05, 0.1) is 18.2 Å². The van der Waals surface area contributed by atoms with E-state index >= 15 is 0 Å². The summed E-state index contributed by atoms with van der Waals surface area (Å²) in [5.74, 6) is 0.669. The van der Waals surface area contributed by atoms with Crippen LogP contribution in [0.15, 0.2) is 42.7 Å². The molecule has 126 valence electrons. The molecule has 0 amide bonds. The molecular weight excluding hydrogens is 304 g/mol. The molecule has 0 radical (unpaired) electrons. The van der Waals surface area contributed by atoms with Crippen molar-refractivity contribution in [3.05, 3.63) is 48.3 Å². The zero-order chi connectivity index (χ0) is 16.8. The summed E-state index contributed by atoms with van der Waals surface area (Å²) in [6, 6.07) is 11.3. The summed E-state index contributed by atoms with van der Waals surface area (Å²) in [6.45, 7) is 2.70. The molecule has 1 aromatic carbocycles. The number of hydrogen-bond donors (Lipinski definition) is 1. The highest BCUT2D eigenvalue weighted by Gasteiger charge is 2.26. The molecule has 1 aliphatic rings. The van der Waals surface area contributed by atoms with Crippen molar-refractivity contribution in [2.24, 2.45) is 0 Å². The summed E-state index contributed by atoms with van der Waals surface area (Å²) in [5, 5.41) is 23.3. The minimum Gasteiger partial charge on any atom is -0.491 e. The van der Waals surface area contributed by atoms with Gasteiger partial charge in [-0.15, -0.1) is 0 Å². The van der Waals surface area contributed by atoms with Crippen LogP contribution in [-0.4, -0.2) is 51.6 Å². The number of benzene rings is 1. The van der Waals surface area contributed by atoms with Gasteiger partial charge in [0.25, 0.3) is 0 Å². The lowest BCUT2D eigenvalue weighted by molar-refractivity contribution is 0.0609. The van der Waals surface area contributed by atoms with Crippen molar-refractivity contribution in [3.63, 3.8) is 0 Å². The van der Waals surface area contributed by atoms with Crippen molar-refractivity contribution in [3.8, 4) is 11.8 Å². The average Bonchev–Trinajstić information content (AvgIpc) is 3.26. The maximum atomic E-state index is 10.3. The van der Waals surface area contributed by atoms with Gasteiger partial charge in [0.15, 0.2) is 0 Å². The largest absolute Gasteiger partial charge is 0.491 e. The molecule has 0 unspecified atom stereocenters. The molecule has 2 aromatic rings. The Kier molecular flexibility index (Phi) is 5.47. The smallest absolute Gasteiger partial charge is 0.119 e. The first-order chi connectivity index (χ1) is 11.7. The van der Waals surface area contributed by atoms with Gasteiger partial charge in [0, 0.05) is 25.0 Å². The molecule has 0 bridgehead atoms. The maximum absolute atomic E-state index is 10.3. The third-order valence-electron chi connectivity index (χ3n) is 4.33. The number of aliphatic hydroxyl groups excluding tert-OH is 1. The molecule has 2 atom stereocenters. The van der Waals surface area contributed by atoms with Crippen molar-refractivity contribution < 1.29 is 9.84 Å². The van der Waals surface area contributed by atoms with Gasteiger partial charge >= 0.3 is 0 Å². The number of aromatic nitrogens is 2. The predicted octanol–water partition coefficient (Wildman–Crippen LogP) is 1.66. The molecule has 0 saturated carbocycles. The summed E-state index contributed by atoms with van der Waals surface area (Å²) < 4.78 is 7.56. The molecule has 1 aromatic heterocycles. The molecule has 1 saturated heterocycles. The van der Waals surface area contributed by atoms with E-state index in [0.717, 1.165) is 25.9 Å². The summed E-state index contributed by atoms with van der Waals surface area (Å²) in [6.07, 6.45) is 5.50. The van der Waals surface area contributed by atoms with Gasteiger partial charge in [-0.05, 0) is 49.7 Å². The number of hydrogen-bond acceptors (Lipinski definition) is 5. The normalized spacial score (nSPS) is 19.1. The Morgan fingerprint density at radius 3 is 2.92 bits per heavy atom. The minimum atomic E-state index is -0.543. The number of ether oxygens (including phenoxy) is 1. The van der Waals surface area contributed by atoms with E-state index in [0.29, 0.717) is 23.9 Å². The van der Waals surface area contributed by atoms with E-state index < -0.39 is 6.10 Å². The highest BCUT2D eigenvalue weighted by Crippen LogP contribution is 2.19. The number of nitriles is 1. The predicted molar refractivity (Wildman–Crippen MR) is 89.5 cm³/mol. The van der Waals surface area contributed by atoms with Crippen molar-refractivity contribution in [1.82, 2.24) is 14.7 Å². The van der Waals surface area contributed by atoms with Gasteiger partial charge < -0.3 is 9.84 Å². The van der Waals surface area contributed by atoms with Crippen molar-refractivity contribution >= 4 is 0 Å². The molecule has 6 heteroatoms. The van der Waals surface area contributed by atoms with Crippen molar-refractivity contribution in [2.45, 2.75) is 31.5 Å². The van der Waals surface area contributed by atoms with E-state index in [9.17, 15) is 5.11 Å². The first kappa shape index (κ1) is 16.5. The fraction of sp³-hybridized carbons (Fsp3) is 0.444. The number of aliphatic hydroxyl groups is 1. The van der Waals surface area contributed by atoms with E-state index in [1.165, 1.54) is 0 Å². The second kappa shape index (κ2) is 7.95. The minimum absolute atomic E-state index is 0.247. The van der Waals surface area contributed by atoms with Crippen LogP contribution >= 0.6 is 0 Å². The number of nitrogens with zero attached hydrogens (tertiary/aromatic N) is 4. The van der Waals surface area contributed by atoms with Crippen LogP contribution in [0.5, 0.6) is 5.75 Å². The van der Waals surface area contributed by atoms with E-state index in [2.05, 4.69) is 16.1 Å². The quantitative estimate of drug-likeness (QED) is 0.837. The first-order valence-corrected chi connectivity index (χ1v) is 8.27. The Morgan fingerprint density at radius 1 is 1.38 bits per heavy atom. The Bertz CT molecular complexity index is 663. The summed E-state index contributed by atoms with van der Waals surface area (Å²) in [7, 11) is 0. The Morgan fingerprint density at radius 2 is 2.21 bits per heavy atom. The van der Waals surface area contributed by atoms with Gasteiger partial charge in [-0.3, -0.25) is 9.58 Å². The second-order valence-corrected chi connectivity index (χ2v) is 6.12. The molecule has 2 heterocycles. The van der Waals surface area contributed by atoms with Crippen LogP contribution in [0.3, 0.4) is 0 Å². The number of β-amino-alcohol motifs (C(OH)–C–C–N with tert-alkyl or cyclic N) is 1. The molecule has 3 rings (SSSR count). The molecule has 1 N–H and O–H groups in total. The summed E-state index contributed by atoms with van der Waals surface area (Å²) in [5.41, 5.74) is 0.599. The van der Waals surface area contributed by atoms with Gasteiger partial charge in [0.2, 0.25) is 0 Å².